The lowest BCUT2D eigenvalue weighted by atomic mass is 9.85. The van der Waals surface area contributed by atoms with E-state index >= 15 is 0 Å². The number of hydrogen-bond donors (Lipinski definition) is 1. The highest BCUT2D eigenvalue weighted by atomic mass is 16.6. The van der Waals surface area contributed by atoms with Crippen LogP contribution in [0.5, 0.6) is 5.75 Å². The summed E-state index contributed by atoms with van der Waals surface area (Å²) in [5.41, 5.74) is 0.0430. The molecule has 11 nitrogen and oxygen atoms in total. The summed E-state index contributed by atoms with van der Waals surface area (Å²) in [6.45, 7) is -0.683. The van der Waals surface area contributed by atoms with Gasteiger partial charge >= 0.3 is 5.97 Å². The number of carbonyl (C=O) groups is 4. The number of benzene rings is 2. The number of hydrogen-bond acceptors (Lipinski definition) is 8. The molecule has 5 rings (SSSR count). The van der Waals surface area contributed by atoms with E-state index in [0.717, 1.165) is 6.42 Å². The molecule has 0 aromatic heterocycles. The van der Waals surface area contributed by atoms with Crippen molar-refractivity contribution in [1.29, 1.82) is 0 Å². The van der Waals surface area contributed by atoms with Crippen LogP contribution in [0.4, 0.5) is 17.1 Å². The summed E-state index contributed by atoms with van der Waals surface area (Å²) < 4.78 is 10.0. The molecule has 2 fully saturated rings. The highest BCUT2D eigenvalue weighted by Gasteiger charge is 2.59. The number of nitro groups is 1. The molecule has 1 N–H and O–H groups in total. The van der Waals surface area contributed by atoms with Crippen molar-refractivity contribution in [3.63, 3.8) is 0 Å². The van der Waals surface area contributed by atoms with Gasteiger partial charge in [0.05, 0.1) is 35.1 Å². The van der Waals surface area contributed by atoms with Gasteiger partial charge in [-0.05, 0) is 48.6 Å². The van der Waals surface area contributed by atoms with E-state index in [1.54, 1.807) is 0 Å². The van der Waals surface area contributed by atoms with E-state index in [2.05, 4.69) is 5.32 Å². The molecule has 4 atom stereocenters. The number of nitro benzene ring substituents is 1. The van der Waals surface area contributed by atoms with E-state index in [1.165, 1.54) is 54.5 Å². The second-order valence-electron chi connectivity index (χ2n) is 8.82. The molecule has 2 aliphatic carbocycles. The fraction of sp³-hybridized carbons (Fsp3) is 0.280. The minimum Gasteiger partial charge on any atom is -0.497 e. The summed E-state index contributed by atoms with van der Waals surface area (Å²) in [5.74, 6) is -2.18. The quantitative estimate of drug-likeness (QED) is 0.205. The van der Waals surface area contributed by atoms with Crippen molar-refractivity contribution >= 4 is 40.8 Å². The van der Waals surface area contributed by atoms with Crippen LogP contribution in [0.15, 0.2) is 54.6 Å². The zero-order chi connectivity index (χ0) is 25.6. The number of ether oxygens (including phenoxy) is 2. The Morgan fingerprint density at radius 2 is 1.69 bits per heavy atom. The molecule has 2 aromatic carbocycles. The van der Waals surface area contributed by atoms with Crippen molar-refractivity contribution in [1.82, 2.24) is 0 Å². The minimum absolute atomic E-state index is 0.0975. The Hall–Kier alpha value is -4.54. The van der Waals surface area contributed by atoms with Crippen molar-refractivity contribution in [2.75, 3.05) is 23.9 Å². The minimum atomic E-state index is -0.810. The van der Waals surface area contributed by atoms with Gasteiger partial charge < -0.3 is 14.8 Å². The van der Waals surface area contributed by atoms with E-state index in [9.17, 15) is 29.3 Å². The number of anilines is 2. The molecular formula is C25H21N3O8. The normalized spacial score (nSPS) is 23.5. The lowest BCUT2D eigenvalue weighted by molar-refractivity contribution is -0.383. The summed E-state index contributed by atoms with van der Waals surface area (Å²) in [6.07, 6.45) is 4.87. The lowest BCUT2D eigenvalue weighted by Crippen LogP contribution is -2.32. The average Bonchev–Trinajstić information content (AvgIpc) is 3.56. The Morgan fingerprint density at radius 1 is 1.06 bits per heavy atom. The first kappa shape index (κ1) is 23.2. The third kappa shape index (κ3) is 3.88. The molecular weight excluding hydrogens is 470 g/mol. The zero-order valence-corrected chi connectivity index (χ0v) is 19.1. The number of allylic oxidation sites excluding steroid dienone is 2. The van der Waals surface area contributed by atoms with Gasteiger partial charge in [-0.15, -0.1) is 0 Å². The van der Waals surface area contributed by atoms with Gasteiger partial charge in [0, 0.05) is 12.1 Å². The second-order valence-corrected chi connectivity index (χ2v) is 8.82. The number of methoxy groups -OCH3 is 1. The molecule has 3 amide bonds. The Kier molecular flexibility index (Phi) is 5.75. The van der Waals surface area contributed by atoms with Gasteiger partial charge in [-0.2, -0.15) is 0 Å². The summed E-state index contributed by atoms with van der Waals surface area (Å²) in [5, 5.41) is 13.5. The smallest absolute Gasteiger partial charge is 0.338 e. The maximum Gasteiger partial charge on any atom is 0.338 e. The summed E-state index contributed by atoms with van der Waals surface area (Å²) in [7, 11) is 1.38. The zero-order valence-electron chi connectivity index (χ0n) is 19.1. The maximum atomic E-state index is 12.9. The largest absolute Gasteiger partial charge is 0.497 e. The van der Waals surface area contributed by atoms with Crippen LogP contribution >= 0.6 is 0 Å². The Morgan fingerprint density at radius 3 is 2.28 bits per heavy atom. The molecule has 3 aliphatic rings. The van der Waals surface area contributed by atoms with Gasteiger partial charge in [-0.25, -0.2) is 4.79 Å². The van der Waals surface area contributed by atoms with Crippen LogP contribution in [-0.2, 0) is 19.1 Å². The van der Waals surface area contributed by atoms with Gasteiger partial charge in [0.2, 0.25) is 11.8 Å². The van der Waals surface area contributed by atoms with Crippen LogP contribution in [-0.4, -0.2) is 42.3 Å². The molecule has 2 bridgehead atoms. The number of carbonyl (C=O) groups excluding carboxylic acids is 4. The van der Waals surface area contributed by atoms with Crippen molar-refractivity contribution in [3.8, 4) is 5.75 Å². The third-order valence-electron chi connectivity index (χ3n) is 6.84. The molecule has 11 heteroatoms. The van der Waals surface area contributed by atoms with E-state index in [1.807, 2.05) is 12.2 Å². The summed E-state index contributed by atoms with van der Waals surface area (Å²) in [4.78, 5) is 62.2. The summed E-state index contributed by atoms with van der Waals surface area (Å²) >= 11 is 0. The molecule has 184 valence electrons. The van der Waals surface area contributed by atoms with Crippen LogP contribution in [0, 0.1) is 33.8 Å². The maximum absolute atomic E-state index is 12.9. The van der Waals surface area contributed by atoms with Crippen LogP contribution in [0.2, 0.25) is 0 Å². The predicted octanol–water partition coefficient (Wildman–Crippen LogP) is 2.71. The van der Waals surface area contributed by atoms with Gasteiger partial charge in [0.1, 0.15) is 11.4 Å². The van der Waals surface area contributed by atoms with Crippen LogP contribution in [0.25, 0.3) is 0 Å². The molecule has 1 heterocycles. The van der Waals surface area contributed by atoms with E-state index in [0.29, 0.717) is 11.4 Å². The molecule has 0 spiro atoms. The first-order valence-electron chi connectivity index (χ1n) is 11.2. The molecule has 1 aliphatic heterocycles. The second kappa shape index (κ2) is 8.91. The van der Waals surface area contributed by atoms with Crippen molar-refractivity contribution in [2.45, 2.75) is 6.42 Å². The van der Waals surface area contributed by atoms with E-state index < -0.39 is 23.4 Å². The van der Waals surface area contributed by atoms with Crippen LogP contribution < -0.4 is 15.0 Å². The van der Waals surface area contributed by atoms with Crippen LogP contribution in [0.3, 0.4) is 0 Å². The molecule has 2 aromatic rings. The number of amides is 3. The number of esters is 1. The molecule has 0 unspecified atom stereocenters. The monoisotopic (exact) mass is 491 g/mol. The molecule has 1 saturated heterocycles. The Bertz CT molecular complexity index is 1290. The van der Waals surface area contributed by atoms with Crippen LogP contribution in [0.1, 0.15) is 16.8 Å². The number of nitrogens with one attached hydrogen (secondary N) is 1. The van der Waals surface area contributed by atoms with Gasteiger partial charge in [0.25, 0.3) is 11.6 Å². The SMILES string of the molecule is COc1ccc([N+](=O)[O-])c(NC(=O)COC(=O)c2ccc(N3C(=O)[C@H]4[C@H](C3=O)[C@H]3C=C[C@H]4C3)cc2)c1. The van der Waals surface area contributed by atoms with E-state index in [-0.39, 0.29) is 52.4 Å². The Balaban J connectivity index is 1.21. The third-order valence-corrected chi connectivity index (χ3v) is 6.84. The molecule has 0 radical (unpaired) electrons. The predicted molar refractivity (Wildman–Crippen MR) is 125 cm³/mol. The van der Waals surface area contributed by atoms with Gasteiger partial charge in [-0.3, -0.25) is 29.4 Å². The van der Waals surface area contributed by atoms with Gasteiger partial charge in [0.15, 0.2) is 6.61 Å². The summed E-state index contributed by atoms with van der Waals surface area (Å²) in [6, 6.07) is 9.65. The fourth-order valence-corrected chi connectivity index (χ4v) is 5.21. The standard InChI is InChI=1S/C25H21N3O8/c1-35-17-8-9-19(28(33)34)18(11-17)26-20(29)12-36-25(32)13-4-6-16(7-5-13)27-23(30)21-14-2-3-15(10-14)22(21)24(27)31/h2-9,11,14-15,21-22H,10,12H2,1H3,(H,26,29)/t14-,15-,21+,22+/m0/s1. The fourth-order valence-electron chi connectivity index (χ4n) is 5.21. The Labute approximate surface area is 204 Å². The molecule has 1 saturated carbocycles. The van der Waals surface area contributed by atoms with Crippen molar-refractivity contribution in [3.05, 3.63) is 70.3 Å². The van der Waals surface area contributed by atoms with Crippen molar-refractivity contribution in [2.24, 2.45) is 23.7 Å². The van der Waals surface area contributed by atoms with E-state index in [4.69, 9.17) is 9.47 Å². The number of rotatable bonds is 7. The average molecular weight is 491 g/mol. The highest BCUT2D eigenvalue weighted by molar-refractivity contribution is 6.22. The van der Waals surface area contributed by atoms with Gasteiger partial charge in [-0.1, -0.05) is 12.2 Å². The number of imide groups is 1. The van der Waals surface area contributed by atoms with Crippen molar-refractivity contribution < 1.29 is 33.6 Å². The number of nitrogens with zero attached hydrogens (tertiary/aromatic N) is 2. The first-order valence-corrected chi connectivity index (χ1v) is 11.2. The first-order chi connectivity index (χ1) is 17.3. The highest BCUT2D eigenvalue weighted by Crippen LogP contribution is 2.53. The topological polar surface area (TPSA) is 145 Å². The lowest BCUT2D eigenvalue weighted by Gasteiger charge is -2.17. The molecule has 36 heavy (non-hydrogen) atoms. The number of fused-ring (bicyclic) bond motifs is 5.